The quantitative estimate of drug-likeness (QED) is 0.121. The number of unbranched alkanes of at least 4 members (excludes halogenated alkanes) is 2. The van der Waals surface area contributed by atoms with E-state index in [0.717, 1.165) is 78.3 Å². The summed E-state index contributed by atoms with van der Waals surface area (Å²) in [5, 5.41) is 7.35. The summed E-state index contributed by atoms with van der Waals surface area (Å²) in [6, 6.07) is 24.9. The first-order valence-corrected chi connectivity index (χ1v) is 18.4. The highest BCUT2D eigenvalue weighted by molar-refractivity contribution is 6.30. The Bertz CT molecular complexity index is 1600. The van der Waals surface area contributed by atoms with Gasteiger partial charge in [-0.05, 0) is 119 Å². The van der Waals surface area contributed by atoms with Crippen LogP contribution in [-0.4, -0.2) is 65.0 Å². The fraction of sp³-hybridized carbons (Fsp3) is 0.500. The molecule has 250 valence electrons. The number of fused-ring (bicyclic) bond motifs is 1. The van der Waals surface area contributed by atoms with Crippen molar-refractivity contribution in [2.45, 2.75) is 89.6 Å². The zero-order valence-corrected chi connectivity index (χ0v) is 28.7. The van der Waals surface area contributed by atoms with Crippen molar-refractivity contribution >= 4 is 22.4 Å². The summed E-state index contributed by atoms with van der Waals surface area (Å²) in [5.41, 5.74) is 3.47. The summed E-state index contributed by atoms with van der Waals surface area (Å²) in [6.07, 6.45) is 14.2. The van der Waals surface area contributed by atoms with E-state index in [9.17, 15) is 4.79 Å². The summed E-state index contributed by atoms with van der Waals surface area (Å²) in [5.74, 6) is 0.988. The molecule has 1 atom stereocenters. The van der Waals surface area contributed by atoms with Crippen LogP contribution in [0.25, 0.3) is 10.8 Å². The maximum Gasteiger partial charge on any atom is 0.274 e. The molecule has 3 heterocycles. The summed E-state index contributed by atoms with van der Waals surface area (Å²) < 4.78 is 7.77. The van der Waals surface area contributed by atoms with Gasteiger partial charge in [0.2, 0.25) is 0 Å². The molecule has 0 saturated carbocycles. The zero-order chi connectivity index (χ0) is 32.3. The number of ether oxygens (including phenoxy) is 1. The van der Waals surface area contributed by atoms with Gasteiger partial charge >= 0.3 is 0 Å². The van der Waals surface area contributed by atoms with Crippen molar-refractivity contribution in [3.8, 4) is 5.75 Å². The molecule has 2 aliphatic heterocycles. The monoisotopic (exact) mass is 654 g/mol. The van der Waals surface area contributed by atoms with Gasteiger partial charge in [0.25, 0.3) is 5.56 Å². The number of aromatic nitrogens is 2. The average Bonchev–Trinajstić information content (AvgIpc) is 3.37. The third kappa shape index (κ3) is 9.68. The van der Waals surface area contributed by atoms with Crippen LogP contribution in [0.4, 0.5) is 0 Å². The molecule has 0 bridgehead atoms. The molecule has 7 heteroatoms. The average molecular weight is 655 g/mol. The van der Waals surface area contributed by atoms with Crippen molar-refractivity contribution in [3.05, 3.63) is 105 Å². The molecule has 0 N–H and O–H groups in total. The number of hydrogen-bond donors (Lipinski definition) is 0. The summed E-state index contributed by atoms with van der Waals surface area (Å²) in [6.45, 7) is 7.28. The van der Waals surface area contributed by atoms with Gasteiger partial charge in [0, 0.05) is 29.4 Å². The number of halogens is 1. The molecule has 3 aromatic carbocycles. The second-order valence-electron chi connectivity index (χ2n) is 13.5. The van der Waals surface area contributed by atoms with Crippen molar-refractivity contribution in [2.75, 3.05) is 39.3 Å². The van der Waals surface area contributed by atoms with E-state index in [1.54, 1.807) is 4.68 Å². The van der Waals surface area contributed by atoms with Crippen LogP contribution < -0.4 is 10.3 Å². The molecular formula is C40H51ClN4O2. The van der Waals surface area contributed by atoms with Gasteiger partial charge in [-0.25, -0.2) is 4.68 Å². The minimum absolute atomic E-state index is 0.0107. The molecule has 0 amide bonds. The third-order valence-corrected chi connectivity index (χ3v) is 10.3. The molecular weight excluding hydrogens is 604 g/mol. The van der Waals surface area contributed by atoms with E-state index in [1.165, 1.54) is 70.0 Å². The number of benzene rings is 3. The number of rotatable bonds is 15. The Kier molecular flexibility index (Phi) is 12.4. The first kappa shape index (κ1) is 33.7. The number of hydrogen-bond acceptors (Lipinski definition) is 5. The minimum atomic E-state index is 0.0107. The molecule has 0 aliphatic carbocycles. The molecule has 6 rings (SSSR count). The Morgan fingerprint density at radius 2 is 1.49 bits per heavy atom. The maximum atomic E-state index is 13.5. The van der Waals surface area contributed by atoms with E-state index in [1.807, 2.05) is 48.5 Å². The maximum absolute atomic E-state index is 13.5. The molecule has 1 aromatic heterocycles. The van der Waals surface area contributed by atoms with E-state index in [2.05, 4.69) is 34.1 Å². The minimum Gasteiger partial charge on any atom is -0.494 e. The van der Waals surface area contributed by atoms with Crippen LogP contribution in [-0.2, 0) is 19.4 Å². The van der Waals surface area contributed by atoms with Crippen LogP contribution >= 0.6 is 11.6 Å². The highest BCUT2D eigenvalue weighted by atomic mass is 35.5. The second kappa shape index (κ2) is 17.3. The van der Waals surface area contributed by atoms with E-state index in [4.69, 9.17) is 21.4 Å². The molecule has 2 fully saturated rings. The van der Waals surface area contributed by atoms with Crippen LogP contribution in [0.2, 0.25) is 5.02 Å². The Morgan fingerprint density at radius 3 is 2.28 bits per heavy atom. The normalized spacial score (nSPS) is 17.7. The number of nitrogens with zero attached hydrogens (tertiary/aromatic N) is 4. The SMILES string of the molecule is O=c1c2ccccc2c(Cc2ccc(Cl)cc2)nn1C[C@H]1CCCN1CCCCCc1ccc(OCCCN2CCCCCC2)cc1. The molecule has 4 aromatic rings. The highest BCUT2D eigenvalue weighted by Crippen LogP contribution is 2.22. The van der Waals surface area contributed by atoms with Crippen molar-refractivity contribution in [3.63, 3.8) is 0 Å². The van der Waals surface area contributed by atoms with Crippen LogP contribution in [0.5, 0.6) is 5.75 Å². The summed E-state index contributed by atoms with van der Waals surface area (Å²) in [7, 11) is 0. The van der Waals surface area contributed by atoms with Gasteiger partial charge in [-0.3, -0.25) is 9.69 Å². The van der Waals surface area contributed by atoms with Gasteiger partial charge in [-0.1, -0.05) is 73.3 Å². The molecule has 0 radical (unpaired) electrons. The zero-order valence-electron chi connectivity index (χ0n) is 27.9. The number of likely N-dealkylation sites (tertiary alicyclic amines) is 2. The Labute approximate surface area is 285 Å². The molecule has 0 unspecified atom stereocenters. The lowest BCUT2D eigenvalue weighted by atomic mass is 10.0. The lowest BCUT2D eigenvalue weighted by molar-refractivity contribution is 0.220. The van der Waals surface area contributed by atoms with E-state index in [0.29, 0.717) is 19.0 Å². The third-order valence-electron chi connectivity index (χ3n) is 10.0. The number of aryl methyl sites for hydroxylation is 1. The topological polar surface area (TPSA) is 50.6 Å². The van der Waals surface area contributed by atoms with Crippen LogP contribution in [0, 0.1) is 0 Å². The van der Waals surface area contributed by atoms with Gasteiger partial charge in [0.05, 0.1) is 24.2 Å². The van der Waals surface area contributed by atoms with Gasteiger partial charge in [0.1, 0.15) is 5.75 Å². The molecule has 2 aliphatic rings. The van der Waals surface area contributed by atoms with Gasteiger partial charge < -0.3 is 9.64 Å². The predicted molar refractivity (Wildman–Crippen MR) is 194 cm³/mol. The van der Waals surface area contributed by atoms with Crippen LogP contribution in [0.3, 0.4) is 0 Å². The standard InChI is InChI=1S/C40H51ClN4O2/c41-34-20-16-33(17-21-34)30-39-37-14-5-6-15-38(37)40(46)45(42-39)31-35-13-10-28-44(35)27-9-3-4-12-32-18-22-36(23-19-32)47-29-11-26-43-24-7-1-2-8-25-43/h5-6,14-23,35H,1-4,7-13,24-31H2/t35-/m1/s1. The second-order valence-corrected chi connectivity index (χ2v) is 14.0. The van der Waals surface area contributed by atoms with Crippen molar-refractivity contribution in [2.24, 2.45) is 0 Å². The first-order valence-electron chi connectivity index (χ1n) is 18.0. The fourth-order valence-electron chi connectivity index (χ4n) is 7.36. The smallest absolute Gasteiger partial charge is 0.274 e. The van der Waals surface area contributed by atoms with Crippen LogP contribution in [0.1, 0.15) is 81.0 Å². The van der Waals surface area contributed by atoms with Crippen molar-refractivity contribution < 1.29 is 4.74 Å². The van der Waals surface area contributed by atoms with E-state index >= 15 is 0 Å². The molecule has 0 spiro atoms. The van der Waals surface area contributed by atoms with Gasteiger partial charge in [-0.2, -0.15) is 5.10 Å². The van der Waals surface area contributed by atoms with Crippen molar-refractivity contribution in [1.82, 2.24) is 19.6 Å². The molecule has 6 nitrogen and oxygen atoms in total. The Hall–Kier alpha value is -3.19. The van der Waals surface area contributed by atoms with Gasteiger partial charge in [-0.15, -0.1) is 0 Å². The fourth-order valence-corrected chi connectivity index (χ4v) is 7.49. The Morgan fingerprint density at radius 1 is 0.745 bits per heavy atom. The van der Waals surface area contributed by atoms with E-state index < -0.39 is 0 Å². The Balaban J connectivity index is 0.945. The highest BCUT2D eigenvalue weighted by Gasteiger charge is 2.25. The lowest BCUT2D eigenvalue weighted by Crippen LogP contribution is -2.38. The predicted octanol–water partition coefficient (Wildman–Crippen LogP) is 8.16. The van der Waals surface area contributed by atoms with E-state index in [-0.39, 0.29) is 5.56 Å². The lowest BCUT2D eigenvalue weighted by Gasteiger charge is -2.25. The molecule has 47 heavy (non-hydrogen) atoms. The summed E-state index contributed by atoms with van der Waals surface area (Å²) in [4.78, 5) is 18.7. The van der Waals surface area contributed by atoms with Crippen LogP contribution in [0.15, 0.2) is 77.6 Å². The first-order chi connectivity index (χ1) is 23.1. The van der Waals surface area contributed by atoms with Gasteiger partial charge in [0.15, 0.2) is 0 Å². The summed E-state index contributed by atoms with van der Waals surface area (Å²) >= 11 is 6.12. The molecule has 2 saturated heterocycles. The van der Waals surface area contributed by atoms with Crippen molar-refractivity contribution in [1.29, 1.82) is 0 Å². The largest absolute Gasteiger partial charge is 0.494 e.